The molecule has 0 aliphatic heterocycles. The van der Waals surface area contributed by atoms with Crippen LogP contribution in [0.2, 0.25) is 0 Å². The Balaban J connectivity index is 1.48. The molecule has 1 N–H and O–H groups in total. The number of nitrogens with one attached hydrogen (secondary N) is 1. The van der Waals surface area contributed by atoms with Gasteiger partial charge < -0.3 is 4.42 Å². The predicted octanol–water partition coefficient (Wildman–Crippen LogP) is 4.80. The van der Waals surface area contributed by atoms with E-state index in [9.17, 15) is 9.59 Å². The van der Waals surface area contributed by atoms with Gasteiger partial charge in [0.15, 0.2) is 0 Å². The van der Waals surface area contributed by atoms with Crippen LogP contribution in [0.15, 0.2) is 70.3 Å². The van der Waals surface area contributed by atoms with Crippen LogP contribution in [0.3, 0.4) is 0 Å². The summed E-state index contributed by atoms with van der Waals surface area (Å²) in [5.41, 5.74) is 6.78. The van der Waals surface area contributed by atoms with Crippen molar-refractivity contribution in [2.75, 3.05) is 5.43 Å². The Morgan fingerprint density at radius 1 is 1.16 bits per heavy atom. The molecule has 0 radical (unpaired) electrons. The maximum absolute atomic E-state index is 13.2. The highest BCUT2D eigenvalue weighted by atomic mass is 32.1. The maximum atomic E-state index is 13.2. The monoisotopic (exact) mass is 429 g/mol. The largest absolute Gasteiger partial charge is 0.464 e. The van der Waals surface area contributed by atoms with E-state index in [4.69, 9.17) is 4.42 Å². The van der Waals surface area contributed by atoms with Gasteiger partial charge in [0, 0.05) is 21.4 Å². The van der Waals surface area contributed by atoms with E-state index in [0.29, 0.717) is 10.2 Å². The Bertz CT molecular complexity index is 1500. The van der Waals surface area contributed by atoms with Gasteiger partial charge in [-0.1, -0.05) is 42.5 Å². The van der Waals surface area contributed by atoms with Crippen LogP contribution in [0, 0.1) is 13.8 Å². The van der Waals surface area contributed by atoms with Gasteiger partial charge in [0.05, 0.1) is 18.1 Å². The van der Waals surface area contributed by atoms with Crippen LogP contribution in [-0.2, 0) is 11.2 Å². The van der Waals surface area contributed by atoms with Gasteiger partial charge in [-0.3, -0.25) is 15.0 Å². The van der Waals surface area contributed by atoms with E-state index < -0.39 is 0 Å². The van der Waals surface area contributed by atoms with Crippen molar-refractivity contribution >= 4 is 38.4 Å². The average molecular weight is 430 g/mol. The van der Waals surface area contributed by atoms with Crippen molar-refractivity contribution in [2.24, 2.45) is 0 Å². The van der Waals surface area contributed by atoms with Gasteiger partial charge >= 0.3 is 0 Å². The third kappa shape index (κ3) is 3.43. The van der Waals surface area contributed by atoms with Crippen molar-refractivity contribution in [3.05, 3.63) is 87.5 Å². The zero-order valence-electron chi connectivity index (χ0n) is 17.0. The van der Waals surface area contributed by atoms with Crippen molar-refractivity contribution in [3.63, 3.8) is 0 Å². The number of furan rings is 1. The summed E-state index contributed by atoms with van der Waals surface area (Å²) in [4.78, 5) is 32.0. The van der Waals surface area contributed by atoms with Crippen LogP contribution in [-0.4, -0.2) is 15.6 Å². The standard InChI is InChI=1S/C24H19N3O3S/c1-14-8-9-18-17(12-30-19(18)10-14)11-20(28)26-27-13-25-23-22(24(27)29)21(15(2)31-23)16-6-4-3-5-7-16/h3-10,12-13H,11H2,1-2H3,(H,26,28). The minimum absolute atomic E-state index is 0.0920. The SMILES string of the molecule is Cc1ccc2c(CC(=O)Nn3cnc4sc(C)c(-c5ccccc5)c4c3=O)coc2c1. The molecule has 6 nitrogen and oxygen atoms in total. The first-order chi connectivity index (χ1) is 15.0. The molecule has 1 amide bonds. The number of thiophene rings is 1. The molecule has 2 aromatic carbocycles. The number of carbonyl (C=O) groups excluding carboxylic acids is 1. The molecule has 0 saturated carbocycles. The lowest BCUT2D eigenvalue weighted by molar-refractivity contribution is -0.116. The molecule has 3 heterocycles. The van der Waals surface area contributed by atoms with E-state index in [0.717, 1.165) is 42.8 Å². The van der Waals surface area contributed by atoms with E-state index >= 15 is 0 Å². The van der Waals surface area contributed by atoms with Crippen molar-refractivity contribution in [1.29, 1.82) is 0 Å². The lowest BCUT2D eigenvalue weighted by atomic mass is 10.0. The minimum atomic E-state index is -0.320. The number of carbonyl (C=O) groups is 1. The topological polar surface area (TPSA) is 77.1 Å². The lowest BCUT2D eigenvalue weighted by Crippen LogP contribution is -2.33. The fourth-order valence-corrected chi connectivity index (χ4v) is 4.81. The van der Waals surface area contributed by atoms with Gasteiger partial charge in [-0.25, -0.2) is 9.66 Å². The second kappa shape index (κ2) is 7.52. The number of benzene rings is 2. The number of amides is 1. The number of rotatable bonds is 4. The van der Waals surface area contributed by atoms with Crippen LogP contribution < -0.4 is 11.0 Å². The number of hydrogen-bond acceptors (Lipinski definition) is 5. The van der Waals surface area contributed by atoms with Crippen LogP contribution in [0.25, 0.3) is 32.3 Å². The maximum Gasteiger partial charge on any atom is 0.281 e. The summed E-state index contributed by atoms with van der Waals surface area (Å²) in [6, 6.07) is 15.6. The highest BCUT2D eigenvalue weighted by Gasteiger charge is 2.18. The molecule has 5 rings (SSSR count). The molecule has 0 unspecified atom stereocenters. The van der Waals surface area contributed by atoms with Crippen molar-refractivity contribution < 1.29 is 9.21 Å². The summed E-state index contributed by atoms with van der Waals surface area (Å²) in [6.45, 7) is 3.96. The fourth-order valence-electron chi connectivity index (χ4n) is 3.81. The first kappa shape index (κ1) is 19.3. The lowest BCUT2D eigenvalue weighted by Gasteiger charge is -2.08. The van der Waals surface area contributed by atoms with Gasteiger partial charge in [0.1, 0.15) is 16.7 Å². The Labute approximate surface area is 181 Å². The third-order valence-corrected chi connectivity index (χ3v) is 6.27. The second-order valence-electron chi connectivity index (χ2n) is 7.47. The van der Waals surface area contributed by atoms with Gasteiger partial charge in [0.25, 0.3) is 5.56 Å². The van der Waals surface area contributed by atoms with Crippen LogP contribution >= 0.6 is 11.3 Å². The zero-order chi connectivity index (χ0) is 21.5. The normalized spacial score (nSPS) is 11.3. The summed E-state index contributed by atoms with van der Waals surface area (Å²) in [5, 5.41) is 1.40. The van der Waals surface area contributed by atoms with Crippen LogP contribution in [0.1, 0.15) is 16.0 Å². The van der Waals surface area contributed by atoms with E-state index in [1.54, 1.807) is 6.26 Å². The Hall–Kier alpha value is -3.71. The van der Waals surface area contributed by atoms with E-state index in [-0.39, 0.29) is 17.9 Å². The van der Waals surface area contributed by atoms with Gasteiger partial charge in [-0.15, -0.1) is 11.3 Å². The fraction of sp³-hybridized carbons (Fsp3) is 0.125. The predicted molar refractivity (Wildman–Crippen MR) is 123 cm³/mol. The minimum Gasteiger partial charge on any atom is -0.464 e. The highest BCUT2D eigenvalue weighted by Crippen LogP contribution is 2.35. The quantitative estimate of drug-likeness (QED) is 0.445. The van der Waals surface area contributed by atoms with Gasteiger partial charge in [-0.2, -0.15) is 0 Å². The van der Waals surface area contributed by atoms with Gasteiger partial charge in [-0.05, 0) is 31.0 Å². The van der Waals surface area contributed by atoms with Crippen molar-refractivity contribution in [1.82, 2.24) is 9.66 Å². The summed E-state index contributed by atoms with van der Waals surface area (Å²) < 4.78 is 6.73. The Morgan fingerprint density at radius 2 is 1.97 bits per heavy atom. The molecule has 3 aromatic heterocycles. The third-order valence-electron chi connectivity index (χ3n) is 5.26. The Morgan fingerprint density at radius 3 is 2.77 bits per heavy atom. The van der Waals surface area contributed by atoms with E-state index in [2.05, 4.69) is 10.4 Å². The summed E-state index contributed by atoms with van der Waals surface area (Å²) in [6.07, 6.45) is 3.04. The van der Waals surface area contributed by atoms with E-state index in [1.807, 2.05) is 62.4 Å². The molecule has 0 saturated heterocycles. The molecule has 5 aromatic rings. The molecular formula is C24H19N3O3S. The van der Waals surface area contributed by atoms with Crippen molar-refractivity contribution in [2.45, 2.75) is 20.3 Å². The second-order valence-corrected chi connectivity index (χ2v) is 8.67. The number of aromatic nitrogens is 2. The molecule has 0 bridgehead atoms. The smallest absolute Gasteiger partial charge is 0.281 e. The zero-order valence-corrected chi connectivity index (χ0v) is 17.8. The van der Waals surface area contributed by atoms with Crippen molar-refractivity contribution in [3.8, 4) is 11.1 Å². The molecule has 154 valence electrons. The molecule has 31 heavy (non-hydrogen) atoms. The number of hydrogen-bond donors (Lipinski definition) is 1. The number of nitrogens with zero attached hydrogens (tertiary/aromatic N) is 2. The summed E-state index contributed by atoms with van der Waals surface area (Å²) in [5.74, 6) is -0.320. The first-order valence-corrected chi connectivity index (χ1v) is 10.7. The number of fused-ring (bicyclic) bond motifs is 2. The summed E-state index contributed by atoms with van der Waals surface area (Å²) in [7, 11) is 0. The van der Waals surface area contributed by atoms with Crippen LogP contribution in [0.4, 0.5) is 0 Å². The highest BCUT2D eigenvalue weighted by molar-refractivity contribution is 7.19. The first-order valence-electron chi connectivity index (χ1n) is 9.84. The molecule has 0 atom stereocenters. The molecular weight excluding hydrogens is 410 g/mol. The molecule has 0 aliphatic rings. The molecule has 7 heteroatoms. The Kier molecular flexibility index (Phi) is 4.67. The van der Waals surface area contributed by atoms with E-state index in [1.165, 1.54) is 17.7 Å². The average Bonchev–Trinajstić information content (AvgIpc) is 3.31. The van der Waals surface area contributed by atoms with Gasteiger partial charge in [0.2, 0.25) is 5.91 Å². The van der Waals surface area contributed by atoms with Crippen LogP contribution in [0.5, 0.6) is 0 Å². The molecule has 0 spiro atoms. The summed E-state index contributed by atoms with van der Waals surface area (Å²) >= 11 is 1.47. The molecule has 0 fully saturated rings. The number of aryl methyl sites for hydroxylation is 2. The molecule has 0 aliphatic carbocycles.